The van der Waals surface area contributed by atoms with E-state index in [9.17, 15) is 4.79 Å². The highest BCUT2D eigenvalue weighted by atomic mass is 16.2. The van der Waals surface area contributed by atoms with E-state index < -0.39 is 0 Å². The topological polar surface area (TPSA) is 58.1 Å². The Balaban J connectivity index is 1.32. The fourth-order valence-electron chi connectivity index (χ4n) is 3.85. The first kappa shape index (κ1) is 17.7. The molecule has 0 bridgehead atoms. The van der Waals surface area contributed by atoms with Crippen molar-refractivity contribution in [3.8, 4) is 0 Å². The Morgan fingerprint density at radius 2 is 1.93 bits per heavy atom. The maximum Gasteiger partial charge on any atom is 0.274 e. The van der Waals surface area contributed by atoms with Crippen LogP contribution in [0.5, 0.6) is 0 Å². The summed E-state index contributed by atoms with van der Waals surface area (Å²) in [7, 11) is 0. The molecular weight excluding hydrogens is 336 g/mol. The van der Waals surface area contributed by atoms with Crippen LogP contribution in [0.25, 0.3) is 0 Å². The molecule has 0 saturated carbocycles. The van der Waals surface area contributed by atoms with Gasteiger partial charge in [0.2, 0.25) is 0 Å². The highest BCUT2D eigenvalue weighted by molar-refractivity contribution is 5.92. The summed E-state index contributed by atoms with van der Waals surface area (Å²) in [6, 6.07) is 11.9. The molecule has 0 unspecified atom stereocenters. The lowest BCUT2D eigenvalue weighted by atomic mass is 9.97. The molecule has 4 rings (SSSR count). The number of amides is 1. The maximum absolute atomic E-state index is 12.7. The maximum atomic E-state index is 12.7. The zero-order chi connectivity index (χ0) is 18.5. The van der Waals surface area contributed by atoms with Gasteiger partial charge in [0.05, 0.1) is 0 Å². The van der Waals surface area contributed by atoms with Gasteiger partial charge in [-0.2, -0.15) is 0 Å². The number of hydrogen-bond acceptors (Lipinski definition) is 4. The van der Waals surface area contributed by atoms with Crippen LogP contribution in [-0.4, -0.2) is 34.1 Å². The summed E-state index contributed by atoms with van der Waals surface area (Å²) in [6.07, 6.45) is 9.38. The lowest BCUT2D eigenvalue weighted by Gasteiger charge is -2.28. The molecule has 0 saturated heterocycles. The second kappa shape index (κ2) is 8.33. The van der Waals surface area contributed by atoms with Crippen molar-refractivity contribution in [3.05, 3.63) is 64.9 Å². The molecule has 1 aliphatic carbocycles. The normalized spacial score (nSPS) is 16.4. The average molecular weight is 362 g/mol. The standard InChI is InChI=1S/C22H26N4O/c27-22(26-15-13-18-8-4-5-9-19(18)16-26)20-10-11-21(25-24-20)23-14-12-17-6-2-1-3-7-17/h4-6,8-11H,1-3,7,12-16H2,(H,23,25). The first-order valence-corrected chi connectivity index (χ1v) is 9.91. The van der Waals surface area contributed by atoms with Gasteiger partial charge in [0, 0.05) is 19.6 Å². The second-order valence-electron chi connectivity index (χ2n) is 7.33. The van der Waals surface area contributed by atoms with Crippen LogP contribution >= 0.6 is 0 Å². The highest BCUT2D eigenvalue weighted by Crippen LogP contribution is 2.21. The number of hydrogen-bond donors (Lipinski definition) is 1. The molecule has 2 aromatic rings. The molecule has 27 heavy (non-hydrogen) atoms. The van der Waals surface area contributed by atoms with E-state index in [1.54, 1.807) is 11.6 Å². The molecule has 0 spiro atoms. The van der Waals surface area contributed by atoms with Crippen LogP contribution in [0.15, 0.2) is 48.0 Å². The number of fused-ring (bicyclic) bond motifs is 1. The Morgan fingerprint density at radius 1 is 1.04 bits per heavy atom. The molecule has 1 aromatic carbocycles. The van der Waals surface area contributed by atoms with Crippen molar-refractivity contribution >= 4 is 11.7 Å². The molecule has 2 aliphatic rings. The van der Waals surface area contributed by atoms with Gasteiger partial charge in [-0.25, -0.2) is 0 Å². The van der Waals surface area contributed by atoms with Crippen molar-refractivity contribution in [2.75, 3.05) is 18.4 Å². The minimum absolute atomic E-state index is 0.0454. The van der Waals surface area contributed by atoms with Crippen molar-refractivity contribution in [1.82, 2.24) is 15.1 Å². The molecular formula is C22H26N4O. The lowest BCUT2D eigenvalue weighted by molar-refractivity contribution is 0.0727. The summed E-state index contributed by atoms with van der Waals surface area (Å²) in [5, 5.41) is 11.7. The molecule has 2 heterocycles. The van der Waals surface area contributed by atoms with Gasteiger partial charge in [-0.1, -0.05) is 35.9 Å². The fraction of sp³-hybridized carbons (Fsp3) is 0.409. The third-order valence-electron chi connectivity index (χ3n) is 5.44. The van der Waals surface area contributed by atoms with Crippen LogP contribution in [0.4, 0.5) is 5.82 Å². The number of rotatable bonds is 5. The van der Waals surface area contributed by atoms with Crippen LogP contribution in [0.2, 0.25) is 0 Å². The summed E-state index contributed by atoms with van der Waals surface area (Å²) in [5.74, 6) is 0.683. The van der Waals surface area contributed by atoms with Crippen LogP contribution in [0.3, 0.4) is 0 Å². The third kappa shape index (κ3) is 4.35. The summed E-state index contributed by atoms with van der Waals surface area (Å²) in [5.41, 5.74) is 4.51. The molecule has 5 nitrogen and oxygen atoms in total. The quantitative estimate of drug-likeness (QED) is 0.818. The molecule has 1 N–H and O–H groups in total. The summed E-state index contributed by atoms with van der Waals surface area (Å²) >= 11 is 0. The Labute approximate surface area is 160 Å². The third-order valence-corrected chi connectivity index (χ3v) is 5.44. The van der Waals surface area contributed by atoms with E-state index in [0.717, 1.165) is 31.7 Å². The van der Waals surface area contributed by atoms with Crippen molar-refractivity contribution < 1.29 is 4.79 Å². The molecule has 0 radical (unpaired) electrons. The highest BCUT2D eigenvalue weighted by Gasteiger charge is 2.22. The van der Waals surface area contributed by atoms with Crippen LogP contribution in [0.1, 0.15) is 53.7 Å². The van der Waals surface area contributed by atoms with E-state index in [0.29, 0.717) is 12.2 Å². The van der Waals surface area contributed by atoms with Gasteiger partial charge in [0.1, 0.15) is 5.82 Å². The van der Waals surface area contributed by atoms with Crippen molar-refractivity contribution in [2.24, 2.45) is 0 Å². The number of benzene rings is 1. The first-order chi connectivity index (χ1) is 13.3. The van der Waals surface area contributed by atoms with E-state index in [2.05, 4.69) is 39.8 Å². The zero-order valence-electron chi connectivity index (χ0n) is 15.7. The number of nitrogens with zero attached hydrogens (tertiary/aromatic N) is 3. The van der Waals surface area contributed by atoms with E-state index in [-0.39, 0.29) is 5.91 Å². The Hall–Kier alpha value is -2.69. The van der Waals surface area contributed by atoms with Gasteiger partial charge in [-0.15, -0.1) is 10.2 Å². The monoisotopic (exact) mass is 362 g/mol. The van der Waals surface area contributed by atoms with E-state index in [1.807, 2.05) is 17.0 Å². The molecule has 5 heteroatoms. The minimum atomic E-state index is -0.0454. The van der Waals surface area contributed by atoms with E-state index in [4.69, 9.17) is 0 Å². The molecule has 140 valence electrons. The number of carbonyl (C=O) groups is 1. The Morgan fingerprint density at radius 3 is 2.70 bits per heavy atom. The summed E-state index contributed by atoms with van der Waals surface area (Å²) in [6.45, 7) is 2.23. The number of allylic oxidation sites excluding steroid dienone is 1. The molecule has 1 amide bonds. The number of carbonyl (C=O) groups excluding carboxylic acids is 1. The Kier molecular flexibility index (Phi) is 5.47. The SMILES string of the molecule is O=C(c1ccc(NCCC2=CCCCC2)nn1)N1CCc2ccccc2C1. The average Bonchev–Trinajstić information content (AvgIpc) is 2.74. The van der Waals surface area contributed by atoms with Crippen LogP contribution < -0.4 is 5.32 Å². The summed E-state index contributed by atoms with van der Waals surface area (Å²) in [4.78, 5) is 14.6. The van der Waals surface area contributed by atoms with Gasteiger partial charge in [0.15, 0.2) is 5.69 Å². The molecule has 0 fully saturated rings. The number of aromatic nitrogens is 2. The van der Waals surface area contributed by atoms with E-state index >= 15 is 0 Å². The van der Waals surface area contributed by atoms with Gasteiger partial charge in [-0.05, 0) is 61.8 Å². The predicted octanol–water partition coefficient (Wildman–Crippen LogP) is 3.98. The van der Waals surface area contributed by atoms with Crippen LogP contribution in [0, 0.1) is 0 Å². The summed E-state index contributed by atoms with van der Waals surface area (Å²) < 4.78 is 0. The van der Waals surface area contributed by atoms with Gasteiger partial charge in [0.25, 0.3) is 5.91 Å². The minimum Gasteiger partial charge on any atom is -0.368 e. The number of nitrogens with one attached hydrogen (secondary N) is 1. The lowest BCUT2D eigenvalue weighted by Crippen LogP contribution is -2.36. The van der Waals surface area contributed by atoms with Crippen molar-refractivity contribution in [2.45, 2.75) is 45.1 Å². The molecule has 1 aromatic heterocycles. The van der Waals surface area contributed by atoms with Gasteiger partial charge < -0.3 is 10.2 Å². The smallest absolute Gasteiger partial charge is 0.274 e. The van der Waals surface area contributed by atoms with Crippen molar-refractivity contribution in [3.63, 3.8) is 0 Å². The van der Waals surface area contributed by atoms with E-state index in [1.165, 1.54) is 36.8 Å². The number of anilines is 1. The zero-order valence-corrected chi connectivity index (χ0v) is 15.7. The van der Waals surface area contributed by atoms with Crippen molar-refractivity contribution in [1.29, 1.82) is 0 Å². The van der Waals surface area contributed by atoms with Gasteiger partial charge in [-0.3, -0.25) is 4.79 Å². The second-order valence-corrected chi connectivity index (χ2v) is 7.33. The first-order valence-electron chi connectivity index (χ1n) is 9.91. The van der Waals surface area contributed by atoms with Crippen LogP contribution in [-0.2, 0) is 13.0 Å². The predicted molar refractivity (Wildman–Crippen MR) is 107 cm³/mol. The Bertz CT molecular complexity index is 828. The fourth-order valence-corrected chi connectivity index (χ4v) is 3.85. The molecule has 1 aliphatic heterocycles. The molecule has 0 atom stereocenters. The largest absolute Gasteiger partial charge is 0.368 e. The van der Waals surface area contributed by atoms with Gasteiger partial charge >= 0.3 is 0 Å².